The molecule has 9 heteroatoms. The molecule has 0 bridgehead atoms. The Hall–Kier alpha value is -1.77. The second kappa shape index (κ2) is 9.15. The predicted octanol–water partition coefficient (Wildman–Crippen LogP) is 4.24. The molecule has 0 unspecified atom stereocenters. The Morgan fingerprint density at radius 2 is 2.07 bits per heavy atom. The van der Waals surface area contributed by atoms with Gasteiger partial charge in [0, 0.05) is 31.9 Å². The quantitative estimate of drug-likeness (QED) is 0.698. The van der Waals surface area contributed by atoms with Gasteiger partial charge in [0.05, 0.1) is 16.3 Å². The van der Waals surface area contributed by atoms with Crippen LogP contribution in [0.1, 0.15) is 17.5 Å². The molecule has 0 spiro atoms. The van der Waals surface area contributed by atoms with E-state index in [1.807, 2.05) is 18.2 Å². The summed E-state index contributed by atoms with van der Waals surface area (Å²) in [4.78, 5) is 18.2. The normalized spacial score (nSPS) is 17.6. The molecular weight excluding hydrogens is 411 g/mol. The van der Waals surface area contributed by atoms with Crippen LogP contribution in [0, 0.1) is 0 Å². The summed E-state index contributed by atoms with van der Waals surface area (Å²) >= 11 is 6.89. The predicted molar refractivity (Wildman–Crippen MR) is 103 cm³/mol. The minimum Gasteiger partial charge on any atom is -0.351 e. The number of thioether (sulfide) groups is 1. The number of aromatic nitrogens is 1. The van der Waals surface area contributed by atoms with E-state index in [0.717, 1.165) is 50.1 Å². The van der Waals surface area contributed by atoms with Crippen molar-refractivity contribution >= 4 is 29.3 Å². The average Bonchev–Trinajstić information content (AvgIpc) is 3.07. The first-order valence-corrected chi connectivity index (χ1v) is 10.1. The highest BCUT2D eigenvalue weighted by atomic mass is 35.5. The number of benzene rings is 1. The number of nitrogens with one attached hydrogen (secondary N) is 1. The number of pyridine rings is 1. The molecule has 2 heterocycles. The van der Waals surface area contributed by atoms with Crippen molar-refractivity contribution in [2.24, 2.45) is 0 Å². The molecule has 3 rings (SSSR count). The van der Waals surface area contributed by atoms with E-state index < -0.39 is 11.7 Å². The van der Waals surface area contributed by atoms with Crippen molar-refractivity contribution in [3.05, 3.63) is 58.7 Å². The average molecular weight is 430 g/mol. The fraction of sp³-hybridized carbons (Fsp3) is 0.368. The summed E-state index contributed by atoms with van der Waals surface area (Å²) in [7, 11) is 0. The van der Waals surface area contributed by atoms with Crippen molar-refractivity contribution in [2.45, 2.75) is 30.2 Å². The first-order valence-electron chi connectivity index (χ1n) is 8.72. The topological polar surface area (TPSA) is 45.2 Å². The molecule has 150 valence electrons. The number of nitrogens with zero attached hydrogens (tertiary/aromatic N) is 2. The molecule has 1 atom stereocenters. The smallest absolute Gasteiger partial charge is 0.351 e. The minimum absolute atomic E-state index is 0.0489. The molecule has 0 saturated carbocycles. The largest absolute Gasteiger partial charge is 0.417 e. The van der Waals surface area contributed by atoms with Gasteiger partial charge >= 0.3 is 6.18 Å². The Balaban J connectivity index is 1.45. The molecule has 1 aliphatic heterocycles. The van der Waals surface area contributed by atoms with Gasteiger partial charge in [0.15, 0.2) is 0 Å². The summed E-state index contributed by atoms with van der Waals surface area (Å²) in [6.07, 6.45) is -2.90. The van der Waals surface area contributed by atoms with Crippen LogP contribution in [-0.2, 0) is 17.5 Å². The van der Waals surface area contributed by atoms with Crippen LogP contribution >= 0.6 is 23.4 Å². The number of hydrogen-bond donors (Lipinski definition) is 1. The lowest BCUT2D eigenvalue weighted by Crippen LogP contribution is -2.38. The Morgan fingerprint density at radius 1 is 1.32 bits per heavy atom. The fourth-order valence-corrected chi connectivity index (χ4v) is 4.03. The van der Waals surface area contributed by atoms with Gasteiger partial charge in [-0.15, -0.1) is 0 Å². The van der Waals surface area contributed by atoms with E-state index in [9.17, 15) is 18.0 Å². The third-order valence-corrected chi connectivity index (χ3v) is 5.77. The summed E-state index contributed by atoms with van der Waals surface area (Å²) in [5, 5.41) is 3.07. The number of carbonyl (C=O) groups excluding carboxylic acids is 1. The van der Waals surface area contributed by atoms with E-state index in [4.69, 9.17) is 11.6 Å². The number of carbonyl (C=O) groups is 1. The van der Waals surface area contributed by atoms with Crippen LogP contribution < -0.4 is 5.32 Å². The standard InChI is InChI=1S/C19H19ClF3N3OS/c20-16-8-14(19(21,22)23)9-24-18(16)28-12-17(27)25-15-6-7-26(11-15)10-13-4-2-1-3-5-13/h1-5,8-9,15H,6-7,10-12H2,(H,25,27)/t15-/m1/s1. The summed E-state index contributed by atoms with van der Waals surface area (Å²) < 4.78 is 37.9. The van der Waals surface area contributed by atoms with E-state index in [0.29, 0.717) is 0 Å². The second-order valence-electron chi connectivity index (χ2n) is 6.57. The molecule has 4 nitrogen and oxygen atoms in total. The fourth-order valence-electron chi connectivity index (χ4n) is 3.03. The van der Waals surface area contributed by atoms with Crippen molar-refractivity contribution in [3.8, 4) is 0 Å². The second-order valence-corrected chi connectivity index (χ2v) is 7.94. The van der Waals surface area contributed by atoms with Gasteiger partial charge < -0.3 is 5.32 Å². The molecule has 1 N–H and O–H groups in total. The van der Waals surface area contributed by atoms with Crippen molar-refractivity contribution in [1.82, 2.24) is 15.2 Å². The van der Waals surface area contributed by atoms with Crippen LogP contribution in [-0.4, -0.2) is 40.7 Å². The van der Waals surface area contributed by atoms with Gasteiger partial charge in [0.1, 0.15) is 5.03 Å². The van der Waals surface area contributed by atoms with Crippen LogP contribution in [0.15, 0.2) is 47.6 Å². The monoisotopic (exact) mass is 429 g/mol. The van der Waals surface area contributed by atoms with Gasteiger partial charge in [-0.2, -0.15) is 13.2 Å². The van der Waals surface area contributed by atoms with Crippen LogP contribution in [0.5, 0.6) is 0 Å². The number of amides is 1. The van der Waals surface area contributed by atoms with Gasteiger partial charge in [0.2, 0.25) is 5.91 Å². The van der Waals surface area contributed by atoms with Crippen molar-refractivity contribution in [3.63, 3.8) is 0 Å². The molecule has 1 fully saturated rings. The first kappa shape index (κ1) is 21.0. The van der Waals surface area contributed by atoms with Crippen LogP contribution in [0.4, 0.5) is 13.2 Å². The molecule has 28 heavy (non-hydrogen) atoms. The molecule has 1 saturated heterocycles. The highest BCUT2D eigenvalue weighted by molar-refractivity contribution is 8.00. The summed E-state index contributed by atoms with van der Waals surface area (Å²) in [6.45, 7) is 2.51. The number of likely N-dealkylation sites (tertiary alicyclic amines) is 1. The van der Waals surface area contributed by atoms with E-state index >= 15 is 0 Å². The molecule has 2 aromatic rings. The molecule has 1 aromatic heterocycles. The molecule has 0 radical (unpaired) electrons. The van der Waals surface area contributed by atoms with Gasteiger partial charge in [0.25, 0.3) is 0 Å². The van der Waals surface area contributed by atoms with Crippen molar-refractivity contribution in [1.29, 1.82) is 0 Å². The van der Waals surface area contributed by atoms with Gasteiger partial charge in [-0.05, 0) is 18.1 Å². The maximum Gasteiger partial charge on any atom is 0.417 e. The maximum absolute atomic E-state index is 12.6. The number of halogens is 4. The Bertz CT molecular complexity index is 820. The summed E-state index contributed by atoms with van der Waals surface area (Å²) in [5.74, 6) is -0.137. The Kier molecular flexibility index (Phi) is 6.85. The zero-order valence-corrected chi connectivity index (χ0v) is 16.4. The highest BCUT2D eigenvalue weighted by Crippen LogP contribution is 2.33. The number of rotatable bonds is 6. The van der Waals surface area contributed by atoms with Crippen molar-refractivity contribution < 1.29 is 18.0 Å². The number of alkyl halides is 3. The molecular formula is C19H19ClF3N3OS. The van der Waals surface area contributed by atoms with E-state index in [2.05, 4.69) is 27.3 Å². The van der Waals surface area contributed by atoms with Gasteiger partial charge in [-0.3, -0.25) is 9.69 Å². The summed E-state index contributed by atoms with van der Waals surface area (Å²) in [5.41, 5.74) is 0.323. The first-order chi connectivity index (χ1) is 13.3. The maximum atomic E-state index is 12.6. The van der Waals surface area contributed by atoms with Gasteiger partial charge in [-0.1, -0.05) is 53.7 Å². The van der Waals surface area contributed by atoms with E-state index in [-0.39, 0.29) is 27.8 Å². The molecule has 0 aliphatic carbocycles. The van der Waals surface area contributed by atoms with Crippen LogP contribution in [0.3, 0.4) is 0 Å². The van der Waals surface area contributed by atoms with E-state index in [1.54, 1.807) is 0 Å². The number of hydrogen-bond acceptors (Lipinski definition) is 4. The summed E-state index contributed by atoms with van der Waals surface area (Å²) in [6, 6.07) is 11.0. The third-order valence-electron chi connectivity index (χ3n) is 4.36. The molecule has 1 amide bonds. The Morgan fingerprint density at radius 3 is 2.75 bits per heavy atom. The van der Waals surface area contributed by atoms with Crippen molar-refractivity contribution in [2.75, 3.05) is 18.8 Å². The Labute approximate surface area is 170 Å². The highest BCUT2D eigenvalue weighted by Gasteiger charge is 2.31. The lowest BCUT2D eigenvalue weighted by atomic mass is 10.2. The lowest BCUT2D eigenvalue weighted by Gasteiger charge is -2.16. The zero-order valence-electron chi connectivity index (χ0n) is 14.9. The molecule has 1 aliphatic rings. The molecule has 1 aromatic carbocycles. The van der Waals surface area contributed by atoms with Crippen LogP contribution in [0.2, 0.25) is 5.02 Å². The van der Waals surface area contributed by atoms with Crippen LogP contribution in [0.25, 0.3) is 0 Å². The van der Waals surface area contributed by atoms with E-state index in [1.165, 1.54) is 5.56 Å². The SMILES string of the molecule is O=C(CSc1ncc(C(F)(F)F)cc1Cl)N[C@@H]1CCN(Cc2ccccc2)C1. The lowest BCUT2D eigenvalue weighted by molar-refractivity contribution is -0.137. The zero-order chi connectivity index (χ0) is 20.1. The third kappa shape index (κ3) is 5.86. The minimum atomic E-state index is -4.49. The van der Waals surface area contributed by atoms with Gasteiger partial charge in [-0.25, -0.2) is 4.98 Å².